The van der Waals surface area contributed by atoms with Crippen LogP contribution in [-0.2, 0) is 10.3 Å². The molecular weight excluding hydrogens is 388 g/mol. The summed E-state index contributed by atoms with van der Waals surface area (Å²) in [5.74, 6) is -0.304. The number of benzene rings is 2. The molecule has 4 nitrogen and oxygen atoms in total. The van der Waals surface area contributed by atoms with Gasteiger partial charge in [-0.1, -0.05) is 32.3 Å². The Bertz CT molecular complexity index is 1110. The lowest BCUT2D eigenvalue weighted by atomic mass is 9.89. The maximum Gasteiger partial charge on any atom is 0.338 e. The summed E-state index contributed by atoms with van der Waals surface area (Å²) in [5.41, 5.74) is 6.02. The minimum absolute atomic E-state index is 0.139. The summed E-state index contributed by atoms with van der Waals surface area (Å²) in [6.45, 7) is 8.70. The van der Waals surface area contributed by atoms with Gasteiger partial charge in [-0.25, -0.2) is 9.79 Å². The number of carbonyl (C=O) groups is 1. The van der Waals surface area contributed by atoms with E-state index in [0.29, 0.717) is 12.2 Å². The number of nitrogens with zero attached hydrogens (tertiary/aromatic N) is 1. The van der Waals surface area contributed by atoms with E-state index in [1.165, 1.54) is 21.6 Å². The number of esters is 1. The van der Waals surface area contributed by atoms with Gasteiger partial charge in [-0.3, -0.25) is 0 Å². The molecule has 0 saturated carbocycles. The van der Waals surface area contributed by atoms with Crippen molar-refractivity contribution in [3.63, 3.8) is 0 Å². The monoisotopic (exact) mass is 410 g/mol. The fourth-order valence-corrected chi connectivity index (χ4v) is 6.30. The Kier molecular flexibility index (Phi) is 4.85. The highest BCUT2D eigenvalue weighted by Gasteiger charge is 2.33. The summed E-state index contributed by atoms with van der Waals surface area (Å²) in [7, 11) is 3.47. The number of anilines is 1. The lowest BCUT2D eigenvalue weighted by molar-refractivity contribution is 0.0526. The molecule has 0 spiro atoms. The summed E-state index contributed by atoms with van der Waals surface area (Å²) in [5, 5.41) is 3.65. The maximum atomic E-state index is 11.8. The van der Waals surface area contributed by atoms with Crippen LogP contribution >= 0.6 is 20.7 Å². The lowest BCUT2D eigenvalue weighted by Gasteiger charge is -2.33. The highest BCUT2D eigenvalue weighted by molar-refractivity contribution is 7.68. The first-order chi connectivity index (χ1) is 13.4. The van der Waals surface area contributed by atoms with Gasteiger partial charge in [-0.05, 0) is 64.1 Å². The van der Waals surface area contributed by atoms with E-state index < -0.39 is 0 Å². The minimum atomic E-state index is -0.304. The molecule has 2 aromatic carbocycles. The first-order valence-electron chi connectivity index (χ1n) is 9.24. The van der Waals surface area contributed by atoms with Crippen molar-refractivity contribution in [1.82, 2.24) is 0 Å². The van der Waals surface area contributed by atoms with Gasteiger partial charge in [-0.15, -0.1) is 0 Å². The molecule has 0 unspecified atom stereocenters. The zero-order valence-electron chi connectivity index (χ0n) is 16.3. The Morgan fingerprint density at radius 2 is 1.89 bits per heavy atom. The van der Waals surface area contributed by atoms with E-state index >= 15 is 0 Å². The number of nitrogens with one attached hydrogen (secondary N) is 1. The molecule has 6 heteroatoms. The standard InChI is InChI=1S/C22H22N2O2S2/c1-5-26-21(25)14-7-9-15(10-8-14)23-20-18-16-12-13(2)6-11-17(16)24-22(3,4)19(18)27-28-20/h6-12,24H,5H2,1-4H3. The van der Waals surface area contributed by atoms with Gasteiger partial charge in [0.1, 0.15) is 4.67 Å². The van der Waals surface area contributed by atoms with Crippen molar-refractivity contribution in [2.75, 3.05) is 11.9 Å². The SMILES string of the molecule is CCOC(=O)c1ccc(N=c2ssc3c2-c2cc(C)ccc2NC3(C)C)cc1. The fraction of sp³-hybridized carbons (Fsp3) is 0.273. The van der Waals surface area contributed by atoms with E-state index in [9.17, 15) is 4.79 Å². The predicted molar refractivity (Wildman–Crippen MR) is 117 cm³/mol. The molecule has 0 fully saturated rings. The van der Waals surface area contributed by atoms with E-state index in [0.717, 1.165) is 16.0 Å². The molecule has 0 amide bonds. The largest absolute Gasteiger partial charge is 0.462 e. The number of hydrogen-bond donors (Lipinski definition) is 1. The molecule has 3 aromatic rings. The number of fused-ring (bicyclic) bond motifs is 3. The third-order valence-corrected chi connectivity index (χ3v) is 7.35. The number of aryl methyl sites for hydroxylation is 1. The molecule has 1 aromatic heterocycles. The quantitative estimate of drug-likeness (QED) is 0.435. The van der Waals surface area contributed by atoms with Gasteiger partial charge in [0.25, 0.3) is 0 Å². The van der Waals surface area contributed by atoms with E-state index in [1.54, 1.807) is 39.7 Å². The third-order valence-electron chi connectivity index (χ3n) is 4.71. The topological polar surface area (TPSA) is 50.7 Å². The van der Waals surface area contributed by atoms with Crippen molar-refractivity contribution in [2.24, 2.45) is 4.99 Å². The van der Waals surface area contributed by atoms with Crippen molar-refractivity contribution < 1.29 is 9.53 Å². The van der Waals surface area contributed by atoms with Crippen LogP contribution in [0.2, 0.25) is 0 Å². The molecule has 0 bridgehead atoms. The van der Waals surface area contributed by atoms with Crippen molar-refractivity contribution in [3.05, 3.63) is 63.1 Å². The highest BCUT2D eigenvalue weighted by atomic mass is 32.9. The van der Waals surface area contributed by atoms with E-state index in [1.807, 2.05) is 12.1 Å². The van der Waals surface area contributed by atoms with E-state index in [2.05, 4.69) is 44.3 Å². The molecule has 1 aliphatic rings. The van der Waals surface area contributed by atoms with Crippen LogP contribution in [0.25, 0.3) is 11.1 Å². The summed E-state index contributed by atoms with van der Waals surface area (Å²) < 4.78 is 6.05. The van der Waals surface area contributed by atoms with Crippen LogP contribution in [0.15, 0.2) is 47.5 Å². The molecule has 1 aliphatic heterocycles. The molecule has 144 valence electrons. The summed E-state index contributed by atoms with van der Waals surface area (Å²) in [6, 6.07) is 13.8. The van der Waals surface area contributed by atoms with Gasteiger partial charge >= 0.3 is 5.97 Å². The van der Waals surface area contributed by atoms with Crippen LogP contribution in [0.4, 0.5) is 11.4 Å². The third kappa shape index (κ3) is 3.38. The molecule has 2 heterocycles. The molecule has 0 atom stereocenters. The molecule has 0 radical (unpaired) electrons. The van der Waals surface area contributed by atoms with Gasteiger partial charge < -0.3 is 10.1 Å². The van der Waals surface area contributed by atoms with Crippen LogP contribution in [0.5, 0.6) is 0 Å². The summed E-state index contributed by atoms with van der Waals surface area (Å²) in [4.78, 5) is 18.1. The van der Waals surface area contributed by atoms with E-state index in [4.69, 9.17) is 9.73 Å². The second-order valence-electron chi connectivity index (χ2n) is 7.35. The van der Waals surface area contributed by atoms with Gasteiger partial charge in [-0.2, -0.15) is 0 Å². The molecule has 0 saturated heterocycles. The molecule has 1 N–H and O–H groups in total. The average Bonchev–Trinajstić information content (AvgIpc) is 3.08. The normalized spacial score (nSPS) is 14.8. The Morgan fingerprint density at radius 3 is 2.61 bits per heavy atom. The van der Waals surface area contributed by atoms with E-state index in [-0.39, 0.29) is 11.5 Å². The second-order valence-corrected chi connectivity index (χ2v) is 9.48. The number of rotatable bonds is 3. The Balaban J connectivity index is 1.81. The first kappa shape index (κ1) is 18.9. The second kappa shape index (κ2) is 7.18. The Labute approximate surface area is 171 Å². The smallest absolute Gasteiger partial charge is 0.338 e. The van der Waals surface area contributed by atoms with Gasteiger partial charge in [0, 0.05) is 16.8 Å². The van der Waals surface area contributed by atoms with Crippen molar-refractivity contribution in [1.29, 1.82) is 0 Å². The van der Waals surface area contributed by atoms with Crippen LogP contribution in [-0.4, -0.2) is 12.6 Å². The van der Waals surface area contributed by atoms with Gasteiger partial charge in [0.05, 0.1) is 28.3 Å². The Morgan fingerprint density at radius 1 is 1.14 bits per heavy atom. The van der Waals surface area contributed by atoms with Crippen LogP contribution < -0.4 is 9.99 Å². The first-order valence-corrected chi connectivity index (χ1v) is 11.4. The van der Waals surface area contributed by atoms with Crippen molar-refractivity contribution in [3.8, 4) is 11.1 Å². The minimum Gasteiger partial charge on any atom is -0.462 e. The fourth-order valence-electron chi connectivity index (χ4n) is 3.36. The maximum absolute atomic E-state index is 11.8. The van der Waals surface area contributed by atoms with Crippen LogP contribution in [0.1, 0.15) is 41.6 Å². The average molecular weight is 411 g/mol. The Hall–Kier alpha value is -2.44. The van der Waals surface area contributed by atoms with Crippen molar-refractivity contribution in [2.45, 2.75) is 33.2 Å². The zero-order valence-corrected chi connectivity index (χ0v) is 18.0. The molecule has 0 aliphatic carbocycles. The number of ether oxygens (including phenoxy) is 1. The van der Waals surface area contributed by atoms with Gasteiger partial charge in [0.2, 0.25) is 0 Å². The number of carbonyl (C=O) groups excluding carboxylic acids is 1. The summed E-state index contributed by atoms with van der Waals surface area (Å²) in [6.07, 6.45) is 0. The summed E-state index contributed by atoms with van der Waals surface area (Å²) >= 11 is 0. The molecular formula is C22H22N2O2S2. The lowest BCUT2D eigenvalue weighted by Crippen LogP contribution is -2.31. The highest BCUT2D eigenvalue weighted by Crippen LogP contribution is 2.45. The van der Waals surface area contributed by atoms with Crippen LogP contribution in [0, 0.1) is 6.92 Å². The van der Waals surface area contributed by atoms with Gasteiger partial charge in [0.15, 0.2) is 0 Å². The van der Waals surface area contributed by atoms with Crippen LogP contribution in [0.3, 0.4) is 0 Å². The molecule has 4 rings (SSSR count). The predicted octanol–water partition coefficient (Wildman–Crippen LogP) is 5.85. The number of hydrogen-bond acceptors (Lipinski definition) is 6. The van der Waals surface area contributed by atoms with Crippen molar-refractivity contribution >= 4 is 38.0 Å². The molecule has 28 heavy (non-hydrogen) atoms. The zero-order chi connectivity index (χ0) is 19.9.